The highest BCUT2D eigenvalue weighted by Crippen LogP contribution is 2.20. The lowest BCUT2D eigenvalue weighted by atomic mass is 10.0. The van der Waals surface area contributed by atoms with Gasteiger partial charge in [0.2, 0.25) is 0 Å². The fourth-order valence-corrected chi connectivity index (χ4v) is 2.54. The second kappa shape index (κ2) is 6.88. The molecule has 1 aromatic carbocycles. The summed E-state index contributed by atoms with van der Waals surface area (Å²) in [5.74, 6) is -1.70. The van der Waals surface area contributed by atoms with E-state index in [0.717, 1.165) is 18.3 Å². The van der Waals surface area contributed by atoms with Crippen molar-refractivity contribution in [3.63, 3.8) is 0 Å². The Kier molecular flexibility index (Phi) is 5.17. The molecule has 108 valence electrons. The predicted molar refractivity (Wildman–Crippen MR) is 76.4 cm³/mol. The first-order chi connectivity index (χ1) is 9.58. The van der Waals surface area contributed by atoms with Crippen molar-refractivity contribution in [1.82, 2.24) is 9.88 Å². The van der Waals surface area contributed by atoms with Crippen molar-refractivity contribution in [2.75, 3.05) is 13.6 Å². The molecule has 2 N–H and O–H groups in total. The summed E-state index contributed by atoms with van der Waals surface area (Å²) in [4.78, 5) is 6.26. The van der Waals surface area contributed by atoms with Crippen molar-refractivity contribution in [3.8, 4) is 0 Å². The molecular weight excluding hydrogens is 280 g/mol. The van der Waals surface area contributed by atoms with Crippen LogP contribution in [-0.2, 0) is 6.54 Å². The van der Waals surface area contributed by atoms with Gasteiger partial charge >= 0.3 is 0 Å². The Balaban J connectivity index is 1.88. The number of aromatic nitrogens is 1. The summed E-state index contributed by atoms with van der Waals surface area (Å²) in [6.45, 7) is 1.41. The number of thiazole rings is 1. The zero-order valence-corrected chi connectivity index (χ0v) is 12.0. The zero-order valence-electron chi connectivity index (χ0n) is 11.2. The molecule has 1 aromatic heterocycles. The Morgan fingerprint density at radius 2 is 2.20 bits per heavy atom. The second-order valence-electron chi connectivity index (χ2n) is 4.76. The van der Waals surface area contributed by atoms with Gasteiger partial charge in [-0.15, -0.1) is 11.3 Å². The minimum atomic E-state index is -0.853. The molecule has 6 heteroatoms. The number of nitrogens with zero attached hydrogens (tertiary/aromatic N) is 2. The molecule has 2 rings (SSSR count). The summed E-state index contributed by atoms with van der Waals surface area (Å²) in [5, 5.41) is 1.99. The summed E-state index contributed by atoms with van der Waals surface area (Å²) < 4.78 is 26.7. The molecule has 3 nitrogen and oxygen atoms in total. The second-order valence-corrected chi connectivity index (χ2v) is 5.47. The third kappa shape index (κ3) is 3.82. The van der Waals surface area contributed by atoms with Crippen molar-refractivity contribution in [2.24, 2.45) is 5.73 Å². The normalized spacial score (nSPS) is 12.8. The van der Waals surface area contributed by atoms with Gasteiger partial charge in [-0.2, -0.15) is 0 Å². The number of rotatable bonds is 6. The third-order valence-corrected chi connectivity index (χ3v) is 3.75. The standard InChI is InChI=1S/C14H17F2N3S/c1-19(7-10-8-20-9-18-10)6-5-13(17)11-3-2-4-12(15)14(11)16/h2-4,8-9,13H,5-7,17H2,1H3. The Hall–Kier alpha value is -1.37. The van der Waals surface area contributed by atoms with E-state index in [1.165, 1.54) is 12.1 Å². The Labute approximate surface area is 121 Å². The van der Waals surface area contributed by atoms with Crippen LogP contribution in [0.2, 0.25) is 0 Å². The lowest BCUT2D eigenvalue weighted by molar-refractivity contribution is 0.307. The van der Waals surface area contributed by atoms with Gasteiger partial charge in [0.1, 0.15) is 0 Å². The highest BCUT2D eigenvalue weighted by molar-refractivity contribution is 7.07. The molecule has 0 aliphatic heterocycles. The Morgan fingerprint density at radius 1 is 1.40 bits per heavy atom. The van der Waals surface area contributed by atoms with Crippen LogP contribution < -0.4 is 5.73 Å². The van der Waals surface area contributed by atoms with Crippen LogP contribution in [0.15, 0.2) is 29.1 Å². The first-order valence-corrected chi connectivity index (χ1v) is 7.27. The molecule has 0 amide bonds. The largest absolute Gasteiger partial charge is 0.324 e. The van der Waals surface area contributed by atoms with E-state index >= 15 is 0 Å². The summed E-state index contributed by atoms with van der Waals surface area (Å²) in [6.07, 6.45) is 0.557. The zero-order chi connectivity index (χ0) is 14.5. The van der Waals surface area contributed by atoms with Gasteiger partial charge in [-0.05, 0) is 19.5 Å². The number of hydrogen-bond donors (Lipinski definition) is 1. The molecule has 1 unspecified atom stereocenters. The molecule has 0 aliphatic carbocycles. The average Bonchev–Trinajstić information content (AvgIpc) is 2.92. The molecule has 20 heavy (non-hydrogen) atoms. The molecule has 1 heterocycles. The summed E-state index contributed by atoms with van der Waals surface area (Å²) in [5.41, 5.74) is 8.96. The van der Waals surface area contributed by atoms with Crippen LogP contribution >= 0.6 is 11.3 Å². The SMILES string of the molecule is CN(CCC(N)c1cccc(F)c1F)Cc1cscn1. The first-order valence-electron chi connectivity index (χ1n) is 6.33. The molecule has 1 atom stereocenters. The van der Waals surface area contributed by atoms with Crippen LogP contribution in [0.4, 0.5) is 8.78 Å². The molecule has 0 spiro atoms. The van der Waals surface area contributed by atoms with Crippen LogP contribution in [0.3, 0.4) is 0 Å². The van der Waals surface area contributed by atoms with E-state index in [0.29, 0.717) is 13.0 Å². The van der Waals surface area contributed by atoms with E-state index in [2.05, 4.69) is 9.88 Å². The molecule has 2 aromatic rings. The van der Waals surface area contributed by atoms with Crippen LogP contribution in [0.5, 0.6) is 0 Å². The third-order valence-electron chi connectivity index (χ3n) is 3.12. The minimum absolute atomic E-state index is 0.229. The van der Waals surface area contributed by atoms with E-state index in [1.54, 1.807) is 16.8 Å². The minimum Gasteiger partial charge on any atom is -0.324 e. The maximum atomic E-state index is 13.6. The van der Waals surface area contributed by atoms with Gasteiger partial charge in [-0.1, -0.05) is 12.1 Å². The monoisotopic (exact) mass is 297 g/mol. The van der Waals surface area contributed by atoms with E-state index in [-0.39, 0.29) is 5.56 Å². The van der Waals surface area contributed by atoms with Gasteiger partial charge < -0.3 is 10.6 Å². The lowest BCUT2D eigenvalue weighted by Crippen LogP contribution is -2.24. The summed E-state index contributed by atoms with van der Waals surface area (Å²) in [7, 11) is 1.95. The van der Waals surface area contributed by atoms with Crippen LogP contribution in [0.1, 0.15) is 23.7 Å². The van der Waals surface area contributed by atoms with E-state index in [9.17, 15) is 8.78 Å². The van der Waals surface area contributed by atoms with E-state index in [4.69, 9.17) is 5.73 Å². The lowest BCUT2D eigenvalue weighted by Gasteiger charge is -2.19. The Morgan fingerprint density at radius 3 is 2.90 bits per heavy atom. The maximum absolute atomic E-state index is 13.6. The van der Waals surface area contributed by atoms with Gasteiger partial charge in [-0.3, -0.25) is 0 Å². The summed E-state index contributed by atoms with van der Waals surface area (Å²) >= 11 is 1.55. The fourth-order valence-electron chi connectivity index (χ4n) is 1.99. The van der Waals surface area contributed by atoms with Gasteiger partial charge in [0.15, 0.2) is 11.6 Å². The molecule has 0 fully saturated rings. The van der Waals surface area contributed by atoms with Crippen molar-refractivity contribution < 1.29 is 8.78 Å². The fraction of sp³-hybridized carbons (Fsp3) is 0.357. The molecule has 0 aliphatic rings. The number of benzene rings is 1. The van der Waals surface area contributed by atoms with Crippen molar-refractivity contribution in [2.45, 2.75) is 19.0 Å². The molecule has 0 saturated carbocycles. The maximum Gasteiger partial charge on any atom is 0.163 e. The van der Waals surface area contributed by atoms with Crippen molar-refractivity contribution >= 4 is 11.3 Å². The van der Waals surface area contributed by atoms with E-state index < -0.39 is 17.7 Å². The topological polar surface area (TPSA) is 42.1 Å². The highest BCUT2D eigenvalue weighted by Gasteiger charge is 2.15. The predicted octanol–water partition coefficient (Wildman–Crippen LogP) is 2.94. The van der Waals surface area contributed by atoms with Gasteiger partial charge in [-0.25, -0.2) is 13.8 Å². The average molecular weight is 297 g/mol. The van der Waals surface area contributed by atoms with Crippen LogP contribution in [0.25, 0.3) is 0 Å². The van der Waals surface area contributed by atoms with Crippen molar-refractivity contribution in [1.29, 1.82) is 0 Å². The molecule has 0 saturated heterocycles. The smallest absolute Gasteiger partial charge is 0.163 e. The quantitative estimate of drug-likeness (QED) is 0.891. The number of nitrogens with two attached hydrogens (primary N) is 1. The highest BCUT2D eigenvalue weighted by atomic mass is 32.1. The van der Waals surface area contributed by atoms with Crippen LogP contribution in [-0.4, -0.2) is 23.5 Å². The summed E-state index contributed by atoms with van der Waals surface area (Å²) in [6, 6.07) is 3.60. The number of halogens is 2. The van der Waals surface area contributed by atoms with Crippen molar-refractivity contribution in [3.05, 3.63) is 52.0 Å². The van der Waals surface area contributed by atoms with E-state index in [1.807, 2.05) is 12.4 Å². The first kappa shape index (κ1) is 15.0. The number of hydrogen-bond acceptors (Lipinski definition) is 4. The van der Waals surface area contributed by atoms with Gasteiger partial charge in [0.25, 0.3) is 0 Å². The van der Waals surface area contributed by atoms with Gasteiger partial charge in [0, 0.05) is 30.1 Å². The molecular formula is C14H17F2N3S. The molecule has 0 radical (unpaired) electrons. The molecule has 0 bridgehead atoms. The Bertz CT molecular complexity index is 545. The van der Waals surface area contributed by atoms with Crippen LogP contribution in [0, 0.1) is 11.6 Å². The van der Waals surface area contributed by atoms with Gasteiger partial charge in [0.05, 0.1) is 11.2 Å².